The lowest BCUT2D eigenvalue weighted by Gasteiger charge is -2.32. The van der Waals surface area contributed by atoms with Gasteiger partial charge in [-0.2, -0.15) is 0 Å². The van der Waals surface area contributed by atoms with Gasteiger partial charge in [0.15, 0.2) is 10.8 Å². The molecule has 0 radical (unpaired) electrons. The van der Waals surface area contributed by atoms with Crippen molar-refractivity contribution in [2.24, 2.45) is 4.99 Å². The minimum absolute atomic E-state index is 0.0304. The zero-order chi connectivity index (χ0) is 24.5. The fourth-order valence-corrected chi connectivity index (χ4v) is 5.79. The van der Waals surface area contributed by atoms with Crippen molar-refractivity contribution >= 4 is 44.5 Å². The van der Waals surface area contributed by atoms with Gasteiger partial charge in [0.1, 0.15) is 11.9 Å². The van der Waals surface area contributed by atoms with E-state index in [-0.39, 0.29) is 16.5 Å². The average molecular weight is 523 g/mol. The first-order chi connectivity index (χ1) is 16.2. The van der Waals surface area contributed by atoms with Crippen molar-refractivity contribution < 1.29 is 12.8 Å². The zero-order valence-electron chi connectivity index (χ0n) is 18.5. The largest absolute Gasteiger partial charge is 0.394 e. The maximum absolute atomic E-state index is 13.8. The Morgan fingerprint density at radius 3 is 2.88 bits per heavy atom. The third kappa shape index (κ3) is 4.92. The number of halogens is 2. The smallest absolute Gasteiger partial charge is 0.211 e. The number of aromatic nitrogens is 1. The third-order valence-electron chi connectivity index (χ3n) is 5.57. The molecule has 34 heavy (non-hydrogen) atoms. The van der Waals surface area contributed by atoms with Crippen LogP contribution in [0.4, 0.5) is 4.39 Å². The normalized spacial score (nSPS) is 20.6. The predicted molar refractivity (Wildman–Crippen MR) is 133 cm³/mol. The van der Waals surface area contributed by atoms with Gasteiger partial charge in [-0.25, -0.2) is 22.5 Å². The molecule has 0 spiro atoms. The van der Waals surface area contributed by atoms with Gasteiger partial charge in [-0.15, -0.1) is 11.3 Å². The zero-order valence-corrected chi connectivity index (χ0v) is 20.9. The standard InChI is InChI=1S/C22H24ClFN6O2S2/c1-3-34(31,32)29-14-11-18-19(17(25)6-7-26-2)20(15-5-4-13(24)10-16(15)23)28-21(30(18)12-14)22-27-8-9-33-22/h4-10,14,20,25-26,29H,3,11-12H2,1-2H3/b7-6-,25-17?/t14-,20-/m0/s1. The molecule has 2 aliphatic rings. The summed E-state index contributed by atoms with van der Waals surface area (Å²) >= 11 is 7.85. The second-order valence-electron chi connectivity index (χ2n) is 7.79. The van der Waals surface area contributed by atoms with Crippen LogP contribution in [0.5, 0.6) is 0 Å². The molecule has 2 aromatic rings. The number of sulfonamides is 1. The Morgan fingerprint density at radius 2 is 2.24 bits per heavy atom. The number of amidine groups is 1. The van der Waals surface area contributed by atoms with E-state index in [4.69, 9.17) is 22.0 Å². The number of nitrogens with zero attached hydrogens (tertiary/aromatic N) is 3. The Bertz CT molecular complexity index is 1290. The summed E-state index contributed by atoms with van der Waals surface area (Å²) in [6, 6.07) is 3.03. The van der Waals surface area contributed by atoms with Crippen LogP contribution in [0.2, 0.25) is 5.02 Å². The van der Waals surface area contributed by atoms with Crippen LogP contribution in [0, 0.1) is 11.2 Å². The van der Waals surface area contributed by atoms with Crippen molar-refractivity contribution in [1.29, 1.82) is 5.41 Å². The molecule has 1 aromatic heterocycles. The fraction of sp³-hybridized carbons (Fsp3) is 0.318. The van der Waals surface area contributed by atoms with E-state index in [1.165, 1.54) is 23.5 Å². The summed E-state index contributed by atoms with van der Waals surface area (Å²) in [6.07, 6.45) is 5.28. The molecule has 12 heteroatoms. The van der Waals surface area contributed by atoms with E-state index in [0.717, 1.165) is 5.70 Å². The summed E-state index contributed by atoms with van der Waals surface area (Å²) in [5.74, 6) is 0.0736. The molecule has 1 saturated heterocycles. The van der Waals surface area contributed by atoms with E-state index < -0.39 is 27.9 Å². The molecule has 0 amide bonds. The van der Waals surface area contributed by atoms with Gasteiger partial charge >= 0.3 is 0 Å². The molecule has 0 aliphatic carbocycles. The lowest BCUT2D eigenvalue weighted by atomic mass is 9.91. The second-order valence-corrected chi connectivity index (χ2v) is 11.1. The Hall–Kier alpha value is -2.60. The minimum Gasteiger partial charge on any atom is -0.394 e. The molecule has 0 bridgehead atoms. The Labute approximate surface area is 206 Å². The van der Waals surface area contributed by atoms with Crippen LogP contribution in [0.15, 0.2) is 58.3 Å². The summed E-state index contributed by atoms with van der Waals surface area (Å²) in [5.41, 5.74) is 2.10. The topological polar surface area (TPSA) is 111 Å². The molecule has 8 nitrogen and oxygen atoms in total. The maximum Gasteiger partial charge on any atom is 0.211 e. The van der Waals surface area contributed by atoms with E-state index in [2.05, 4.69) is 15.0 Å². The number of fused-ring (bicyclic) bond motifs is 1. The molecule has 0 saturated carbocycles. The number of thiazole rings is 1. The number of hydrogen-bond donors (Lipinski definition) is 3. The molecule has 3 N–H and O–H groups in total. The van der Waals surface area contributed by atoms with Gasteiger partial charge in [0, 0.05) is 59.5 Å². The van der Waals surface area contributed by atoms with Crippen molar-refractivity contribution in [2.45, 2.75) is 25.4 Å². The van der Waals surface area contributed by atoms with Crippen LogP contribution in [0.25, 0.3) is 0 Å². The van der Waals surface area contributed by atoms with Crippen LogP contribution in [0.3, 0.4) is 0 Å². The highest BCUT2D eigenvalue weighted by Gasteiger charge is 2.41. The Kier molecular flexibility index (Phi) is 7.17. The van der Waals surface area contributed by atoms with E-state index in [1.54, 1.807) is 38.5 Å². The molecule has 2 atom stereocenters. The van der Waals surface area contributed by atoms with E-state index in [9.17, 15) is 12.8 Å². The van der Waals surface area contributed by atoms with E-state index in [0.29, 0.717) is 34.9 Å². The molecule has 4 rings (SSSR count). The molecule has 180 valence electrons. The predicted octanol–water partition coefficient (Wildman–Crippen LogP) is 3.46. The van der Waals surface area contributed by atoms with Crippen molar-refractivity contribution in [2.75, 3.05) is 19.3 Å². The summed E-state index contributed by atoms with van der Waals surface area (Å²) < 4.78 is 41.1. The number of hydrogen-bond acceptors (Lipinski definition) is 8. The van der Waals surface area contributed by atoms with Gasteiger partial charge in [-0.1, -0.05) is 17.7 Å². The first-order valence-corrected chi connectivity index (χ1v) is 13.5. The van der Waals surface area contributed by atoms with Gasteiger partial charge < -0.3 is 15.6 Å². The molecular formula is C22H24ClFN6O2S2. The van der Waals surface area contributed by atoms with Crippen LogP contribution < -0.4 is 10.0 Å². The lowest BCUT2D eigenvalue weighted by Crippen LogP contribution is -2.40. The second kappa shape index (κ2) is 9.95. The monoisotopic (exact) mass is 522 g/mol. The lowest BCUT2D eigenvalue weighted by molar-refractivity contribution is 0.514. The SMILES string of the molecule is CCS(=O)(=O)N[C@H]1CC2=C(C(=N)/C=C\NC)[C@H](c3ccc(F)cc3Cl)N=C(c3nccs3)N2C1. The van der Waals surface area contributed by atoms with Gasteiger partial charge in [-0.3, -0.25) is 4.99 Å². The quantitative estimate of drug-likeness (QED) is 0.460. The van der Waals surface area contributed by atoms with Crippen LogP contribution in [0.1, 0.15) is 30.0 Å². The molecular weight excluding hydrogens is 499 g/mol. The van der Waals surface area contributed by atoms with Crippen LogP contribution >= 0.6 is 22.9 Å². The summed E-state index contributed by atoms with van der Waals surface area (Å²) in [4.78, 5) is 11.3. The molecule has 1 aromatic carbocycles. The summed E-state index contributed by atoms with van der Waals surface area (Å²) in [7, 11) is -1.71. The minimum atomic E-state index is -3.44. The van der Waals surface area contributed by atoms with Crippen LogP contribution in [-0.4, -0.2) is 55.2 Å². The highest BCUT2D eigenvalue weighted by molar-refractivity contribution is 7.89. The van der Waals surface area contributed by atoms with Gasteiger partial charge in [-0.05, 0) is 31.3 Å². The highest BCUT2D eigenvalue weighted by atomic mass is 35.5. The van der Waals surface area contributed by atoms with Gasteiger partial charge in [0.05, 0.1) is 11.5 Å². The third-order valence-corrected chi connectivity index (χ3v) is 8.12. The van der Waals surface area contributed by atoms with E-state index >= 15 is 0 Å². The molecule has 1 fully saturated rings. The van der Waals surface area contributed by atoms with Crippen molar-refractivity contribution in [3.05, 3.63) is 74.7 Å². The molecule has 0 unspecified atom stereocenters. The Balaban J connectivity index is 1.89. The average Bonchev–Trinajstić information content (AvgIpc) is 3.46. The molecule has 2 aliphatic heterocycles. The van der Waals surface area contributed by atoms with Crippen molar-refractivity contribution in [3.63, 3.8) is 0 Å². The first kappa shape index (κ1) is 24.5. The van der Waals surface area contributed by atoms with E-state index in [1.807, 2.05) is 10.3 Å². The number of allylic oxidation sites excluding steroid dienone is 1. The number of nitrogens with one attached hydrogen (secondary N) is 3. The summed E-state index contributed by atoms with van der Waals surface area (Å²) in [5, 5.41) is 14.4. The van der Waals surface area contributed by atoms with Gasteiger partial charge in [0.2, 0.25) is 10.0 Å². The van der Waals surface area contributed by atoms with Crippen molar-refractivity contribution in [1.82, 2.24) is 19.9 Å². The molecule has 3 heterocycles. The number of benzene rings is 1. The van der Waals surface area contributed by atoms with Crippen LogP contribution in [-0.2, 0) is 10.0 Å². The summed E-state index contributed by atoms with van der Waals surface area (Å²) in [6.45, 7) is 1.94. The maximum atomic E-state index is 13.8. The number of aliphatic imine (C=N–C) groups is 1. The fourth-order valence-electron chi connectivity index (χ4n) is 4.05. The first-order valence-electron chi connectivity index (χ1n) is 10.6. The number of rotatable bonds is 8. The van der Waals surface area contributed by atoms with Gasteiger partial charge in [0.25, 0.3) is 0 Å². The Morgan fingerprint density at radius 1 is 1.44 bits per heavy atom. The van der Waals surface area contributed by atoms with Crippen molar-refractivity contribution in [3.8, 4) is 0 Å². The highest BCUT2D eigenvalue weighted by Crippen LogP contribution is 2.42.